The number of aryl methyl sites for hydroxylation is 2. The normalized spacial score (nSPS) is 14.7. The highest BCUT2D eigenvalue weighted by Crippen LogP contribution is 2.28. The van der Waals surface area contributed by atoms with E-state index in [2.05, 4.69) is 19.3 Å². The molecule has 0 fully saturated rings. The summed E-state index contributed by atoms with van der Waals surface area (Å²) in [5.74, 6) is 5.93. The Morgan fingerprint density at radius 2 is 2.00 bits per heavy atom. The van der Waals surface area contributed by atoms with Crippen LogP contribution >= 0.6 is 0 Å². The van der Waals surface area contributed by atoms with Gasteiger partial charge in [0.15, 0.2) is 0 Å². The van der Waals surface area contributed by atoms with Gasteiger partial charge in [0, 0.05) is 11.6 Å². The van der Waals surface area contributed by atoms with E-state index in [-0.39, 0.29) is 11.9 Å². The summed E-state index contributed by atoms with van der Waals surface area (Å²) in [5.41, 5.74) is 5.37. The standard InChI is InChI=1S/C14H23FN2/c1-5-9(2)8-13(17-16)14-11(4)6-10(3)7-12(14)15/h6-7,9,13,17H,5,8,16H2,1-4H3. The van der Waals surface area contributed by atoms with Crippen LogP contribution in [-0.2, 0) is 0 Å². The van der Waals surface area contributed by atoms with Gasteiger partial charge in [0.05, 0.1) is 0 Å². The van der Waals surface area contributed by atoms with Crippen LogP contribution in [0.3, 0.4) is 0 Å². The van der Waals surface area contributed by atoms with E-state index in [1.54, 1.807) is 6.07 Å². The zero-order valence-corrected chi connectivity index (χ0v) is 11.2. The van der Waals surface area contributed by atoms with E-state index in [4.69, 9.17) is 5.84 Å². The number of nitrogens with one attached hydrogen (secondary N) is 1. The highest BCUT2D eigenvalue weighted by Gasteiger charge is 2.19. The van der Waals surface area contributed by atoms with Crippen LogP contribution in [0.4, 0.5) is 4.39 Å². The molecule has 96 valence electrons. The van der Waals surface area contributed by atoms with Crippen molar-refractivity contribution in [1.82, 2.24) is 5.43 Å². The van der Waals surface area contributed by atoms with E-state index in [1.807, 2.05) is 19.9 Å². The molecule has 0 spiro atoms. The summed E-state index contributed by atoms with van der Waals surface area (Å²) in [6, 6.07) is 3.47. The van der Waals surface area contributed by atoms with Gasteiger partial charge in [-0.1, -0.05) is 26.3 Å². The lowest BCUT2D eigenvalue weighted by Gasteiger charge is -2.22. The van der Waals surface area contributed by atoms with Gasteiger partial charge in [0.1, 0.15) is 5.82 Å². The molecule has 0 amide bonds. The molecule has 1 aromatic carbocycles. The number of nitrogens with two attached hydrogens (primary N) is 1. The first-order chi connectivity index (χ1) is 7.99. The summed E-state index contributed by atoms with van der Waals surface area (Å²) in [6.07, 6.45) is 1.93. The highest BCUT2D eigenvalue weighted by atomic mass is 19.1. The zero-order valence-electron chi connectivity index (χ0n) is 11.2. The van der Waals surface area contributed by atoms with Gasteiger partial charge in [-0.2, -0.15) is 0 Å². The summed E-state index contributed by atoms with van der Waals surface area (Å²) in [6.45, 7) is 8.13. The molecule has 3 N–H and O–H groups in total. The summed E-state index contributed by atoms with van der Waals surface area (Å²) in [7, 11) is 0. The fraction of sp³-hybridized carbons (Fsp3) is 0.571. The summed E-state index contributed by atoms with van der Waals surface area (Å²) < 4.78 is 14.0. The molecule has 0 aliphatic heterocycles. The second-order valence-electron chi connectivity index (χ2n) is 4.95. The van der Waals surface area contributed by atoms with Crippen molar-refractivity contribution in [2.75, 3.05) is 0 Å². The van der Waals surface area contributed by atoms with Crippen LogP contribution < -0.4 is 11.3 Å². The van der Waals surface area contributed by atoms with E-state index in [9.17, 15) is 4.39 Å². The highest BCUT2D eigenvalue weighted by molar-refractivity contribution is 5.34. The fourth-order valence-electron chi connectivity index (χ4n) is 2.21. The Balaban J connectivity index is 3.03. The second kappa shape index (κ2) is 6.12. The molecule has 0 heterocycles. The number of halogens is 1. The first kappa shape index (κ1) is 14.1. The van der Waals surface area contributed by atoms with Crippen LogP contribution in [0.25, 0.3) is 0 Å². The van der Waals surface area contributed by atoms with Gasteiger partial charge in [0.25, 0.3) is 0 Å². The molecule has 2 atom stereocenters. The monoisotopic (exact) mass is 238 g/mol. The first-order valence-corrected chi connectivity index (χ1v) is 6.22. The van der Waals surface area contributed by atoms with Crippen LogP contribution in [-0.4, -0.2) is 0 Å². The van der Waals surface area contributed by atoms with Crippen molar-refractivity contribution in [3.63, 3.8) is 0 Å². The van der Waals surface area contributed by atoms with Crippen molar-refractivity contribution < 1.29 is 4.39 Å². The zero-order chi connectivity index (χ0) is 13.0. The van der Waals surface area contributed by atoms with Crippen molar-refractivity contribution in [1.29, 1.82) is 0 Å². The molecule has 0 aliphatic carbocycles. The second-order valence-corrected chi connectivity index (χ2v) is 4.95. The number of hydrazine groups is 1. The van der Waals surface area contributed by atoms with Gasteiger partial charge >= 0.3 is 0 Å². The number of rotatable bonds is 5. The van der Waals surface area contributed by atoms with Crippen molar-refractivity contribution in [2.24, 2.45) is 11.8 Å². The van der Waals surface area contributed by atoms with E-state index >= 15 is 0 Å². The van der Waals surface area contributed by atoms with Crippen LogP contribution in [0.5, 0.6) is 0 Å². The number of hydrogen-bond acceptors (Lipinski definition) is 2. The Labute approximate surface area is 103 Å². The van der Waals surface area contributed by atoms with Gasteiger partial charge in [-0.3, -0.25) is 11.3 Å². The molecule has 0 saturated heterocycles. The third kappa shape index (κ3) is 3.51. The van der Waals surface area contributed by atoms with Gasteiger partial charge in [-0.05, 0) is 43.4 Å². The number of benzene rings is 1. The molecule has 0 radical (unpaired) electrons. The Bertz CT molecular complexity index is 353. The Hall–Kier alpha value is -0.930. The van der Waals surface area contributed by atoms with Crippen LogP contribution in [0.15, 0.2) is 12.1 Å². The minimum Gasteiger partial charge on any atom is -0.271 e. The van der Waals surface area contributed by atoms with Crippen molar-refractivity contribution >= 4 is 0 Å². The lowest BCUT2D eigenvalue weighted by molar-refractivity contribution is 0.395. The third-order valence-electron chi connectivity index (χ3n) is 3.37. The summed E-state index contributed by atoms with van der Waals surface area (Å²) in [5, 5.41) is 0. The maximum absolute atomic E-state index is 14.0. The molecule has 2 unspecified atom stereocenters. The molecule has 17 heavy (non-hydrogen) atoms. The van der Waals surface area contributed by atoms with Gasteiger partial charge < -0.3 is 0 Å². The van der Waals surface area contributed by atoms with Gasteiger partial charge in [0.2, 0.25) is 0 Å². The molecule has 0 saturated carbocycles. The molecule has 0 aliphatic rings. The molecule has 3 heteroatoms. The Morgan fingerprint density at radius 1 is 1.35 bits per heavy atom. The Kier molecular flexibility index (Phi) is 5.09. The predicted molar refractivity (Wildman–Crippen MR) is 70.0 cm³/mol. The molecular formula is C14H23FN2. The minimum absolute atomic E-state index is 0.106. The Morgan fingerprint density at radius 3 is 2.47 bits per heavy atom. The summed E-state index contributed by atoms with van der Waals surface area (Å²) in [4.78, 5) is 0. The topological polar surface area (TPSA) is 38.0 Å². The predicted octanol–water partition coefficient (Wildman–Crippen LogP) is 3.38. The number of hydrogen-bond donors (Lipinski definition) is 2. The maximum atomic E-state index is 14.0. The third-order valence-corrected chi connectivity index (χ3v) is 3.37. The van der Waals surface area contributed by atoms with E-state index in [0.717, 1.165) is 24.0 Å². The van der Waals surface area contributed by atoms with E-state index in [1.165, 1.54) is 0 Å². The maximum Gasteiger partial charge on any atom is 0.128 e. The van der Waals surface area contributed by atoms with Crippen molar-refractivity contribution in [3.8, 4) is 0 Å². The fourth-order valence-corrected chi connectivity index (χ4v) is 2.21. The summed E-state index contributed by atoms with van der Waals surface area (Å²) >= 11 is 0. The molecule has 0 aromatic heterocycles. The van der Waals surface area contributed by atoms with Crippen LogP contribution in [0.1, 0.15) is 49.4 Å². The lowest BCUT2D eigenvalue weighted by Crippen LogP contribution is -2.30. The first-order valence-electron chi connectivity index (χ1n) is 6.22. The molecular weight excluding hydrogens is 215 g/mol. The quantitative estimate of drug-likeness (QED) is 0.609. The van der Waals surface area contributed by atoms with Crippen molar-refractivity contribution in [2.45, 2.75) is 46.6 Å². The van der Waals surface area contributed by atoms with E-state index in [0.29, 0.717) is 11.5 Å². The smallest absolute Gasteiger partial charge is 0.128 e. The largest absolute Gasteiger partial charge is 0.271 e. The minimum atomic E-state index is -0.159. The van der Waals surface area contributed by atoms with E-state index < -0.39 is 0 Å². The lowest BCUT2D eigenvalue weighted by atomic mass is 9.91. The van der Waals surface area contributed by atoms with Crippen LogP contribution in [0.2, 0.25) is 0 Å². The average Bonchev–Trinajstić information content (AvgIpc) is 2.25. The van der Waals surface area contributed by atoms with Crippen molar-refractivity contribution in [3.05, 3.63) is 34.6 Å². The van der Waals surface area contributed by atoms with Crippen LogP contribution in [0, 0.1) is 25.6 Å². The molecule has 1 rings (SSSR count). The SMILES string of the molecule is CCC(C)CC(NN)c1c(C)cc(C)cc1F. The average molecular weight is 238 g/mol. The molecule has 0 bridgehead atoms. The van der Waals surface area contributed by atoms with Gasteiger partial charge in [-0.15, -0.1) is 0 Å². The van der Waals surface area contributed by atoms with Gasteiger partial charge in [-0.25, -0.2) is 4.39 Å². The molecule has 1 aromatic rings. The molecule has 2 nitrogen and oxygen atoms in total.